The van der Waals surface area contributed by atoms with Crippen molar-refractivity contribution in [2.24, 2.45) is 0 Å². The number of hydrogen-bond acceptors (Lipinski definition) is 1. The molecule has 0 N–H and O–H groups in total. The zero-order chi connectivity index (χ0) is 9.52. The van der Waals surface area contributed by atoms with Gasteiger partial charge in [-0.05, 0) is 30.6 Å². The van der Waals surface area contributed by atoms with Crippen LogP contribution in [0, 0.1) is 0 Å². The molecule has 0 spiro atoms. The Balaban J connectivity index is 2.30. The summed E-state index contributed by atoms with van der Waals surface area (Å²) in [6, 6.07) is 0. The van der Waals surface area contributed by atoms with Gasteiger partial charge in [0.2, 0.25) is 0 Å². The van der Waals surface area contributed by atoms with Gasteiger partial charge in [-0.3, -0.25) is 0 Å². The number of allylic oxidation sites excluding steroid dienone is 3. The van der Waals surface area contributed by atoms with Crippen molar-refractivity contribution < 1.29 is 0 Å². The molecule has 1 aliphatic rings. The van der Waals surface area contributed by atoms with E-state index in [1.54, 1.807) is 5.57 Å². The molecule has 1 heteroatoms. The molecule has 0 saturated carbocycles. The van der Waals surface area contributed by atoms with Crippen LogP contribution < -0.4 is 0 Å². The summed E-state index contributed by atoms with van der Waals surface area (Å²) in [6.45, 7) is 4.55. The highest BCUT2D eigenvalue weighted by Crippen LogP contribution is 2.27. The molecule has 0 radical (unpaired) electrons. The Morgan fingerprint density at radius 3 is 2.85 bits per heavy atom. The molecule has 0 aliphatic heterocycles. The minimum atomic E-state index is 0.755. The molecule has 1 rings (SSSR count). The van der Waals surface area contributed by atoms with Crippen molar-refractivity contribution in [2.45, 2.75) is 44.8 Å². The topological polar surface area (TPSA) is 0 Å². The Hall–Kier alpha value is -0.170. The van der Waals surface area contributed by atoms with E-state index in [1.165, 1.54) is 25.0 Å². The number of hydrogen-bond donors (Lipinski definition) is 0. The summed E-state index contributed by atoms with van der Waals surface area (Å²) >= 11 is 2.12. The van der Waals surface area contributed by atoms with E-state index in [9.17, 15) is 0 Å². The molecule has 0 nitrogen and oxygen atoms in total. The van der Waals surface area contributed by atoms with E-state index in [0.717, 1.165) is 11.7 Å². The molecule has 0 heterocycles. The van der Waals surface area contributed by atoms with Crippen LogP contribution in [0.15, 0.2) is 23.8 Å². The summed E-state index contributed by atoms with van der Waals surface area (Å²) < 4.78 is 0. The van der Waals surface area contributed by atoms with Gasteiger partial charge in [0.15, 0.2) is 0 Å². The molecule has 0 bridgehead atoms. The van der Waals surface area contributed by atoms with Crippen LogP contribution in [0.25, 0.3) is 0 Å². The summed E-state index contributed by atoms with van der Waals surface area (Å²) in [6.07, 6.45) is 12.0. The molecular formula is C12H20S. The van der Waals surface area contributed by atoms with Crippen molar-refractivity contribution in [3.63, 3.8) is 0 Å². The van der Waals surface area contributed by atoms with Crippen LogP contribution in [0.1, 0.15) is 39.5 Å². The van der Waals surface area contributed by atoms with Crippen LogP contribution in [-0.4, -0.2) is 11.0 Å². The first-order valence-corrected chi connectivity index (χ1v) is 6.41. The zero-order valence-corrected chi connectivity index (χ0v) is 9.57. The van der Waals surface area contributed by atoms with Crippen molar-refractivity contribution in [3.8, 4) is 0 Å². The van der Waals surface area contributed by atoms with Gasteiger partial charge in [-0.25, -0.2) is 0 Å². The molecule has 0 aromatic rings. The highest BCUT2D eigenvalue weighted by molar-refractivity contribution is 8.00. The highest BCUT2D eigenvalue weighted by atomic mass is 32.2. The summed E-state index contributed by atoms with van der Waals surface area (Å²) in [4.78, 5) is 0. The van der Waals surface area contributed by atoms with Gasteiger partial charge in [-0.15, -0.1) is 0 Å². The maximum Gasteiger partial charge on any atom is 0.0291 e. The van der Waals surface area contributed by atoms with E-state index in [2.05, 4.69) is 43.8 Å². The number of thioether (sulfide) groups is 1. The van der Waals surface area contributed by atoms with E-state index in [4.69, 9.17) is 0 Å². The van der Waals surface area contributed by atoms with Gasteiger partial charge in [-0.2, -0.15) is 11.8 Å². The van der Waals surface area contributed by atoms with Crippen molar-refractivity contribution in [2.75, 3.05) is 5.75 Å². The smallest absolute Gasteiger partial charge is 0.0291 e. The third-order valence-electron chi connectivity index (χ3n) is 2.36. The SMILES string of the molecule is CCCCSC(CC)C1=CCC=C1. The molecule has 1 aliphatic carbocycles. The fourth-order valence-electron chi connectivity index (χ4n) is 1.53. The van der Waals surface area contributed by atoms with E-state index >= 15 is 0 Å². The second-order valence-corrected chi connectivity index (χ2v) is 4.77. The molecule has 0 aromatic heterocycles. The van der Waals surface area contributed by atoms with Gasteiger partial charge in [0, 0.05) is 5.25 Å². The van der Waals surface area contributed by atoms with Crippen LogP contribution >= 0.6 is 11.8 Å². The van der Waals surface area contributed by atoms with E-state index in [-0.39, 0.29) is 0 Å². The van der Waals surface area contributed by atoms with Crippen molar-refractivity contribution in [1.82, 2.24) is 0 Å². The highest BCUT2D eigenvalue weighted by Gasteiger charge is 2.11. The third-order valence-corrected chi connectivity index (χ3v) is 3.89. The van der Waals surface area contributed by atoms with Crippen LogP contribution in [0.5, 0.6) is 0 Å². The monoisotopic (exact) mass is 196 g/mol. The molecule has 0 amide bonds. The normalized spacial score (nSPS) is 17.5. The lowest BCUT2D eigenvalue weighted by Crippen LogP contribution is -2.03. The Kier molecular flexibility index (Phi) is 5.29. The summed E-state index contributed by atoms with van der Waals surface area (Å²) in [7, 11) is 0. The molecule has 13 heavy (non-hydrogen) atoms. The van der Waals surface area contributed by atoms with Gasteiger partial charge in [-0.1, -0.05) is 38.5 Å². The zero-order valence-electron chi connectivity index (χ0n) is 8.75. The molecule has 1 atom stereocenters. The average Bonchev–Trinajstić information content (AvgIpc) is 2.65. The van der Waals surface area contributed by atoms with Crippen LogP contribution in [-0.2, 0) is 0 Å². The lowest BCUT2D eigenvalue weighted by atomic mass is 10.1. The standard InChI is InChI=1S/C12H20S/c1-3-5-10-13-12(4-2)11-8-6-7-9-11/h6,8-9,12H,3-5,7,10H2,1-2H3. The Morgan fingerprint density at radius 1 is 1.46 bits per heavy atom. The molecule has 0 saturated heterocycles. The molecule has 1 unspecified atom stereocenters. The van der Waals surface area contributed by atoms with Gasteiger partial charge in [0.1, 0.15) is 0 Å². The number of unbranched alkanes of at least 4 members (excludes halogenated alkanes) is 1. The third kappa shape index (κ3) is 3.60. The first kappa shape index (κ1) is 10.9. The molecular weight excluding hydrogens is 176 g/mol. The van der Waals surface area contributed by atoms with E-state index in [0.29, 0.717) is 0 Å². The fourth-order valence-corrected chi connectivity index (χ4v) is 2.88. The second kappa shape index (κ2) is 6.31. The minimum absolute atomic E-state index is 0.755. The predicted molar refractivity (Wildman–Crippen MR) is 63.3 cm³/mol. The van der Waals surface area contributed by atoms with Crippen LogP contribution in [0.2, 0.25) is 0 Å². The molecule has 74 valence electrons. The predicted octanol–water partition coefficient (Wildman–Crippen LogP) is 4.18. The van der Waals surface area contributed by atoms with Gasteiger partial charge in [0.25, 0.3) is 0 Å². The first-order valence-electron chi connectivity index (χ1n) is 5.36. The lowest BCUT2D eigenvalue weighted by molar-refractivity contribution is 0.884. The quantitative estimate of drug-likeness (QED) is 0.574. The maximum absolute atomic E-state index is 2.37. The second-order valence-electron chi connectivity index (χ2n) is 3.46. The average molecular weight is 196 g/mol. The first-order chi connectivity index (χ1) is 6.38. The number of rotatable bonds is 6. The van der Waals surface area contributed by atoms with Crippen LogP contribution in [0.3, 0.4) is 0 Å². The van der Waals surface area contributed by atoms with Crippen molar-refractivity contribution in [1.29, 1.82) is 0 Å². The summed E-state index contributed by atoms with van der Waals surface area (Å²) in [5.74, 6) is 1.32. The van der Waals surface area contributed by atoms with Gasteiger partial charge >= 0.3 is 0 Å². The molecule has 0 fully saturated rings. The summed E-state index contributed by atoms with van der Waals surface area (Å²) in [5, 5.41) is 0.755. The lowest BCUT2D eigenvalue weighted by Gasteiger charge is -2.14. The Labute approximate surface area is 86.5 Å². The minimum Gasteiger partial charge on any atom is -0.154 e. The Morgan fingerprint density at radius 2 is 2.31 bits per heavy atom. The van der Waals surface area contributed by atoms with E-state index < -0.39 is 0 Å². The Bertz CT molecular complexity index is 191. The summed E-state index contributed by atoms with van der Waals surface area (Å²) in [5.41, 5.74) is 1.56. The van der Waals surface area contributed by atoms with Gasteiger partial charge in [0.05, 0.1) is 0 Å². The van der Waals surface area contributed by atoms with Gasteiger partial charge < -0.3 is 0 Å². The van der Waals surface area contributed by atoms with Crippen molar-refractivity contribution in [3.05, 3.63) is 23.8 Å². The van der Waals surface area contributed by atoms with E-state index in [1.807, 2.05) is 0 Å². The molecule has 0 aromatic carbocycles. The largest absolute Gasteiger partial charge is 0.154 e. The fraction of sp³-hybridized carbons (Fsp3) is 0.667. The maximum atomic E-state index is 2.37. The van der Waals surface area contributed by atoms with Crippen LogP contribution in [0.4, 0.5) is 0 Å². The van der Waals surface area contributed by atoms with Crippen molar-refractivity contribution >= 4 is 11.8 Å².